The Morgan fingerprint density at radius 2 is 1.81 bits per heavy atom. The third-order valence-corrected chi connectivity index (χ3v) is 5.29. The number of hydrogen-bond acceptors (Lipinski definition) is 3. The van der Waals surface area contributed by atoms with Gasteiger partial charge in [-0.25, -0.2) is 4.98 Å². The molecule has 1 aromatic heterocycles. The first-order valence-corrected chi connectivity index (χ1v) is 9.61. The second-order valence-corrected chi connectivity index (χ2v) is 7.35. The van der Waals surface area contributed by atoms with E-state index < -0.39 is 0 Å². The highest BCUT2D eigenvalue weighted by Gasteiger charge is 2.24. The van der Waals surface area contributed by atoms with Gasteiger partial charge in [0.15, 0.2) is 0 Å². The van der Waals surface area contributed by atoms with E-state index in [1.165, 1.54) is 11.1 Å². The van der Waals surface area contributed by atoms with Gasteiger partial charge < -0.3 is 14.8 Å². The molecule has 6 heteroatoms. The summed E-state index contributed by atoms with van der Waals surface area (Å²) in [4.78, 5) is 29.9. The van der Waals surface area contributed by atoms with Crippen LogP contribution in [0.1, 0.15) is 40.9 Å². The molecule has 1 N–H and O–H groups in total. The number of carbonyl (C=O) groups excluding carboxylic acids is 2. The summed E-state index contributed by atoms with van der Waals surface area (Å²) in [5, 5.41) is 2.65. The summed E-state index contributed by atoms with van der Waals surface area (Å²) in [5.41, 5.74) is 3.05. The maximum Gasteiger partial charge on any atom is 0.274 e. The molecule has 0 radical (unpaired) electrons. The van der Waals surface area contributed by atoms with Gasteiger partial charge in [-0.05, 0) is 42.7 Å². The van der Waals surface area contributed by atoms with Gasteiger partial charge in [0, 0.05) is 39.8 Å². The summed E-state index contributed by atoms with van der Waals surface area (Å²) in [6.45, 7) is 1.59. The van der Waals surface area contributed by atoms with E-state index in [4.69, 9.17) is 0 Å². The highest BCUT2D eigenvalue weighted by molar-refractivity contribution is 5.92. The first-order chi connectivity index (χ1) is 13.0. The van der Waals surface area contributed by atoms with E-state index in [9.17, 15) is 9.59 Å². The lowest BCUT2D eigenvalue weighted by atomic mass is 9.89. The third-order valence-electron chi connectivity index (χ3n) is 5.29. The van der Waals surface area contributed by atoms with Crippen molar-refractivity contribution in [2.45, 2.75) is 32.1 Å². The highest BCUT2D eigenvalue weighted by Crippen LogP contribution is 2.23. The van der Waals surface area contributed by atoms with E-state index in [0.717, 1.165) is 38.8 Å². The lowest BCUT2D eigenvalue weighted by Gasteiger charge is -2.31. The molecule has 1 fully saturated rings. The Bertz CT molecular complexity index is 774. The van der Waals surface area contributed by atoms with E-state index in [1.807, 2.05) is 11.9 Å². The summed E-state index contributed by atoms with van der Waals surface area (Å²) in [7, 11) is 3.54. The van der Waals surface area contributed by atoms with Crippen LogP contribution in [0.15, 0.2) is 36.8 Å². The van der Waals surface area contributed by atoms with Gasteiger partial charge in [0.25, 0.3) is 5.91 Å². The summed E-state index contributed by atoms with van der Waals surface area (Å²) in [6, 6.07) is 8.59. The number of rotatable bonds is 6. The van der Waals surface area contributed by atoms with Gasteiger partial charge in [-0.1, -0.05) is 24.3 Å². The van der Waals surface area contributed by atoms with Crippen molar-refractivity contribution in [3.05, 3.63) is 53.6 Å². The molecule has 1 saturated heterocycles. The molecule has 144 valence electrons. The van der Waals surface area contributed by atoms with Crippen molar-refractivity contribution in [1.82, 2.24) is 19.8 Å². The van der Waals surface area contributed by atoms with E-state index in [1.54, 1.807) is 24.1 Å². The molecule has 1 aromatic carbocycles. The van der Waals surface area contributed by atoms with Crippen LogP contribution >= 0.6 is 0 Å². The van der Waals surface area contributed by atoms with Crippen molar-refractivity contribution in [1.29, 1.82) is 0 Å². The van der Waals surface area contributed by atoms with Crippen molar-refractivity contribution >= 4 is 11.8 Å². The summed E-state index contributed by atoms with van der Waals surface area (Å²) in [5.74, 6) is 0.718. The van der Waals surface area contributed by atoms with Crippen molar-refractivity contribution in [2.75, 3.05) is 20.1 Å². The third kappa shape index (κ3) is 5.18. The summed E-state index contributed by atoms with van der Waals surface area (Å²) < 4.78 is 1.80. The normalized spacial score (nSPS) is 15.0. The van der Waals surface area contributed by atoms with Crippen LogP contribution in [0, 0.1) is 5.92 Å². The van der Waals surface area contributed by atoms with Crippen molar-refractivity contribution in [3.63, 3.8) is 0 Å². The Kier molecular flexibility index (Phi) is 6.27. The molecule has 0 atom stereocenters. The fraction of sp³-hybridized carbons (Fsp3) is 0.476. The first kappa shape index (κ1) is 19.1. The molecule has 0 saturated carbocycles. The Balaban J connectivity index is 1.46. The van der Waals surface area contributed by atoms with Crippen LogP contribution in [0.5, 0.6) is 0 Å². The summed E-state index contributed by atoms with van der Waals surface area (Å²) >= 11 is 0. The fourth-order valence-electron chi connectivity index (χ4n) is 3.58. The molecule has 0 spiro atoms. The maximum absolute atomic E-state index is 12.5. The van der Waals surface area contributed by atoms with Crippen LogP contribution in [0.4, 0.5) is 0 Å². The quantitative estimate of drug-likeness (QED) is 0.850. The molecule has 3 rings (SSSR count). The Morgan fingerprint density at radius 1 is 1.15 bits per heavy atom. The Morgan fingerprint density at radius 3 is 2.41 bits per heavy atom. The SMILES string of the molecule is CNC(=O)CCc1ccc(CC2CCN(C(=O)c3cn(C)cn3)CC2)cc1. The molecule has 1 aliphatic rings. The number of amides is 2. The number of nitrogens with one attached hydrogen (secondary N) is 1. The smallest absolute Gasteiger partial charge is 0.274 e. The average Bonchev–Trinajstić information content (AvgIpc) is 3.13. The minimum Gasteiger partial charge on any atom is -0.359 e. The molecule has 1 aliphatic heterocycles. The zero-order valence-electron chi connectivity index (χ0n) is 16.1. The molecular weight excluding hydrogens is 340 g/mol. The van der Waals surface area contributed by atoms with Crippen molar-refractivity contribution < 1.29 is 9.59 Å². The Hall–Kier alpha value is -2.63. The van der Waals surface area contributed by atoms with Gasteiger partial charge in [0.2, 0.25) is 5.91 Å². The predicted molar refractivity (Wildman–Crippen MR) is 104 cm³/mol. The lowest BCUT2D eigenvalue weighted by Crippen LogP contribution is -2.39. The van der Waals surface area contributed by atoms with Crippen LogP contribution in [-0.2, 0) is 24.7 Å². The van der Waals surface area contributed by atoms with Gasteiger partial charge in [0.1, 0.15) is 5.69 Å². The molecule has 2 amide bonds. The van der Waals surface area contributed by atoms with Crippen LogP contribution in [-0.4, -0.2) is 46.4 Å². The first-order valence-electron chi connectivity index (χ1n) is 9.61. The van der Waals surface area contributed by atoms with Gasteiger partial charge in [-0.15, -0.1) is 0 Å². The monoisotopic (exact) mass is 368 g/mol. The van der Waals surface area contributed by atoms with Crippen LogP contribution in [0.3, 0.4) is 0 Å². The number of hydrogen-bond donors (Lipinski definition) is 1. The highest BCUT2D eigenvalue weighted by atomic mass is 16.2. The van der Waals surface area contributed by atoms with E-state index in [0.29, 0.717) is 18.0 Å². The number of carbonyl (C=O) groups is 2. The average molecular weight is 368 g/mol. The molecular formula is C21H28N4O2. The van der Waals surface area contributed by atoms with Crippen LogP contribution in [0.2, 0.25) is 0 Å². The van der Waals surface area contributed by atoms with Gasteiger partial charge >= 0.3 is 0 Å². The molecule has 2 aromatic rings. The zero-order chi connectivity index (χ0) is 19.2. The molecule has 0 unspecified atom stereocenters. The fourth-order valence-corrected chi connectivity index (χ4v) is 3.58. The van der Waals surface area contributed by atoms with Gasteiger partial charge in [0.05, 0.1) is 6.33 Å². The van der Waals surface area contributed by atoms with E-state index in [2.05, 4.69) is 34.6 Å². The minimum atomic E-state index is 0.0366. The molecule has 0 aliphatic carbocycles. The summed E-state index contributed by atoms with van der Waals surface area (Å²) in [6.07, 6.45) is 7.83. The molecule has 6 nitrogen and oxygen atoms in total. The number of likely N-dealkylation sites (tertiary alicyclic amines) is 1. The van der Waals surface area contributed by atoms with Crippen molar-refractivity contribution in [2.24, 2.45) is 13.0 Å². The molecule has 2 heterocycles. The topological polar surface area (TPSA) is 67.2 Å². The largest absolute Gasteiger partial charge is 0.359 e. The number of aryl methyl sites for hydroxylation is 2. The van der Waals surface area contributed by atoms with Crippen LogP contribution < -0.4 is 5.32 Å². The second kappa shape index (κ2) is 8.84. The molecule has 27 heavy (non-hydrogen) atoms. The van der Waals surface area contributed by atoms with Crippen LogP contribution in [0.25, 0.3) is 0 Å². The maximum atomic E-state index is 12.5. The lowest BCUT2D eigenvalue weighted by molar-refractivity contribution is -0.120. The Labute approximate surface area is 160 Å². The van der Waals surface area contributed by atoms with E-state index >= 15 is 0 Å². The number of aromatic nitrogens is 2. The van der Waals surface area contributed by atoms with Gasteiger partial charge in [-0.2, -0.15) is 0 Å². The molecule has 0 bridgehead atoms. The van der Waals surface area contributed by atoms with E-state index in [-0.39, 0.29) is 11.8 Å². The van der Waals surface area contributed by atoms with Crippen molar-refractivity contribution in [3.8, 4) is 0 Å². The predicted octanol–water partition coefficient (Wildman–Crippen LogP) is 2.19. The minimum absolute atomic E-state index is 0.0366. The number of imidazole rings is 1. The second-order valence-electron chi connectivity index (χ2n) is 7.35. The zero-order valence-corrected chi connectivity index (χ0v) is 16.1. The number of nitrogens with zero attached hydrogens (tertiary/aromatic N) is 3. The standard InChI is InChI=1S/C21H28N4O2/c1-22-20(26)8-7-16-3-5-17(6-4-16)13-18-9-11-25(12-10-18)21(27)19-14-24(2)15-23-19/h3-6,14-15,18H,7-13H2,1-2H3,(H,22,26). The number of piperidine rings is 1. The number of benzene rings is 1. The van der Waals surface area contributed by atoms with Gasteiger partial charge in [-0.3, -0.25) is 9.59 Å².